The predicted molar refractivity (Wildman–Crippen MR) is 78.5 cm³/mol. The van der Waals surface area contributed by atoms with Gasteiger partial charge in [-0.3, -0.25) is 4.79 Å². The van der Waals surface area contributed by atoms with Gasteiger partial charge in [0, 0.05) is 5.25 Å². The lowest BCUT2D eigenvalue weighted by atomic mass is 9.87. The molecule has 0 saturated carbocycles. The summed E-state index contributed by atoms with van der Waals surface area (Å²) >= 11 is 1.27. The van der Waals surface area contributed by atoms with E-state index in [9.17, 15) is 18.0 Å². The van der Waals surface area contributed by atoms with Crippen LogP contribution in [0, 0.1) is 5.41 Å². The van der Waals surface area contributed by atoms with E-state index in [0.29, 0.717) is 6.42 Å². The summed E-state index contributed by atoms with van der Waals surface area (Å²) in [6, 6.07) is -0.956. The Hall–Kier alpha value is -0.760. The van der Waals surface area contributed by atoms with E-state index in [2.05, 4.69) is 5.32 Å². The van der Waals surface area contributed by atoms with Gasteiger partial charge in [0.15, 0.2) is 9.84 Å². The number of amides is 1. The van der Waals surface area contributed by atoms with Crippen molar-refractivity contribution in [2.75, 3.05) is 17.3 Å². The maximum absolute atomic E-state index is 11.8. The Kier molecular flexibility index (Phi) is 5.48. The van der Waals surface area contributed by atoms with Gasteiger partial charge < -0.3 is 10.4 Å². The Morgan fingerprint density at radius 3 is 2.40 bits per heavy atom. The van der Waals surface area contributed by atoms with E-state index in [0.717, 1.165) is 0 Å². The molecule has 1 saturated heterocycles. The first-order valence-corrected chi connectivity index (χ1v) is 9.22. The molecule has 1 fully saturated rings. The first-order valence-electron chi connectivity index (χ1n) is 6.35. The van der Waals surface area contributed by atoms with Gasteiger partial charge in [0.25, 0.3) is 0 Å². The summed E-state index contributed by atoms with van der Waals surface area (Å²) < 4.78 is 22.6. The van der Waals surface area contributed by atoms with Crippen molar-refractivity contribution in [2.24, 2.45) is 5.41 Å². The maximum Gasteiger partial charge on any atom is 0.326 e. The molecule has 2 atom stereocenters. The van der Waals surface area contributed by atoms with Crippen LogP contribution >= 0.6 is 11.8 Å². The molecule has 0 bridgehead atoms. The Morgan fingerprint density at radius 2 is 2.00 bits per heavy atom. The molecule has 20 heavy (non-hydrogen) atoms. The lowest BCUT2D eigenvalue weighted by Crippen LogP contribution is -2.49. The molecule has 6 nitrogen and oxygen atoms in total. The highest BCUT2D eigenvalue weighted by molar-refractivity contribution is 8.02. The molecule has 1 aliphatic rings. The van der Waals surface area contributed by atoms with Crippen molar-refractivity contribution >= 4 is 33.5 Å². The van der Waals surface area contributed by atoms with E-state index >= 15 is 0 Å². The number of carboxylic acids is 1. The standard InChI is InChI=1S/C12H21NO5S2/c1-12(2,3)10(11(15)16)13-9(14)6-19-8-4-5-20(17,18)7-8/h8,10H,4-7H2,1-3H3,(H,13,14)(H,15,16)/t8?,10-/m0/s1. The quantitative estimate of drug-likeness (QED) is 0.765. The zero-order valence-corrected chi connectivity index (χ0v) is 13.5. The molecular formula is C12H21NO5S2. The molecule has 1 amide bonds. The Labute approximate surface area is 123 Å². The molecule has 0 aliphatic carbocycles. The normalized spacial score (nSPS) is 23.2. The largest absolute Gasteiger partial charge is 0.480 e. The minimum atomic E-state index is -2.95. The number of aliphatic carboxylic acids is 1. The molecule has 0 spiro atoms. The third-order valence-corrected chi connectivity index (χ3v) is 6.34. The zero-order valence-electron chi connectivity index (χ0n) is 11.9. The second kappa shape index (κ2) is 6.34. The highest BCUT2D eigenvalue weighted by Crippen LogP contribution is 2.24. The van der Waals surface area contributed by atoms with Gasteiger partial charge in [-0.2, -0.15) is 0 Å². The monoisotopic (exact) mass is 323 g/mol. The lowest BCUT2D eigenvalue weighted by Gasteiger charge is -2.27. The number of carbonyl (C=O) groups is 2. The molecule has 116 valence electrons. The van der Waals surface area contributed by atoms with Gasteiger partial charge >= 0.3 is 5.97 Å². The second-order valence-corrected chi connectivity index (χ2v) is 9.56. The van der Waals surface area contributed by atoms with Crippen molar-refractivity contribution in [3.8, 4) is 0 Å². The highest BCUT2D eigenvalue weighted by Gasteiger charge is 2.33. The Morgan fingerprint density at radius 1 is 1.40 bits per heavy atom. The molecular weight excluding hydrogens is 302 g/mol. The summed E-state index contributed by atoms with van der Waals surface area (Å²) in [4.78, 5) is 22.9. The number of carboxylic acid groups (broad SMARTS) is 1. The van der Waals surface area contributed by atoms with Crippen LogP contribution in [0.25, 0.3) is 0 Å². The maximum atomic E-state index is 11.8. The molecule has 0 radical (unpaired) electrons. The van der Waals surface area contributed by atoms with Crippen LogP contribution in [0.15, 0.2) is 0 Å². The molecule has 1 unspecified atom stereocenters. The van der Waals surface area contributed by atoms with E-state index in [-0.39, 0.29) is 28.4 Å². The molecule has 2 N–H and O–H groups in total. The fraction of sp³-hybridized carbons (Fsp3) is 0.833. The van der Waals surface area contributed by atoms with Crippen molar-refractivity contribution in [1.82, 2.24) is 5.32 Å². The van der Waals surface area contributed by atoms with Crippen LogP contribution in [-0.2, 0) is 19.4 Å². The number of rotatable bonds is 5. The molecule has 0 aromatic rings. The van der Waals surface area contributed by atoms with E-state index < -0.39 is 27.3 Å². The smallest absolute Gasteiger partial charge is 0.326 e. The third kappa shape index (κ3) is 5.32. The third-order valence-electron chi connectivity index (χ3n) is 3.06. The molecule has 1 rings (SSSR count). The second-order valence-electron chi connectivity index (χ2n) is 6.04. The molecule has 0 aromatic heterocycles. The number of carbonyl (C=O) groups excluding carboxylic acids is 1. The fourth-order valence-electron chi connectivity index (χ4n) is 1.94. The molecule has 1 aliphatic heterocycles. The molecule has 8 heteroatoms. The van der Waals surface area contributed by atoms with Gasteiger partial charge in [-0.15, -0.1) is 11.8 Å². The fourth-order valence-corrected chi connectivity index (χ4v) is 5.39. The number of hydrogen-bond donors (Lipinski definition) is 2. The van der Waals surface area contributed by atoms with Crippen LogP contribution < -0.4 is 5.32 Å². The number of nitrogens with one attached hydrogen (secondary N) is 1. The van der Waals surface area contributed by atoms with E-state index in [1.54, 1.807) is 20.8 Å². The highest BCUT2D eigenvalue weighted by atomic mass is 32.2. The van der Waals surface area contributed by atoms with Gasteiger partial charge in [-0.05, 0) is 11.8 Å². The average molecular weight is 323 g/mol. The van der Waals surface area contributed by atoms with Crippen LogP contribution in [-0.4, -0.2) is 54.0 Å². The van der Waals surface area contributed by atoms with Crippen LogP contribution in [0.1, 0.15) is 27.2 Å². The van der Waals surface area contributed by atoms with Crippen molar-refractivity contribution in [1.29, 1.82) is 0 Å². The van der Waals surface area contributed by atoms with Crippen molar-refractivity contribution < 1.29 is 23.1 Å². The van der Waals surface area contributed by atoms with Crippen LogP contribution in [0.4, 0.5) is 0 Å². The number of thioether (sulfide) groups is 1. The Balaban J connectivity index is 2.46. The van der Waals surface area contributed by atoms with Gasteiger partial charge in [0.2, 0.25) is 5.91 Å². The SMILES string of the molecule is CC(C)(C)[C@@H](NC(=O)CSC1CCS(=O)(=O)C1)C(=O)O. The van der Waals surface area contributed by atoms with E-state index in [1.165, 1.54) is 11.8 Å². The Bertz CT molecular complexity index is 481. The molecule has 1 heterocycles. The van der Waals surface area contributed by atoms with Crippen molar-refractivity contribution in [3.63, 3.8) is 0 Å². The lowest BCUT2D eigenvalue weighted by molar-refractivity contribution is -0.144. The summed E-state index contributed by atoms with van der Waals surface area (Å²) in [5, 5.41) is 11.5. The number of sulfone groups is 1. The average Bonchev–Trinajstić information content (AvgIpc) is 2.61. The zero-order chi connectivity index (χ0) is 15.6. The summed E-state index contributed by atoms with van der Waals surface area (Å²) in [5.41, 5.74) is -0.580. The first-order chi connectivity index (χ1) is 9.01. The number of hydrogen-bond acceptors (Lipinski definition) is 5. The summed E-state index contributed by atoms with van der Waals surface area (Å²) in [6.07, 6.45) is 0.557. The summed E-state index contributed by atoms with van der Waals surface area (Å²) in [5.74, 6) is -1.08. The van der Waals surface area contributed by atoms with Crippen molar-refractivity contribution in [3.05, 3.63) is 0 Å². The van der Waals surface area contributed by atoms with E-state index in [1.807, 2.05) is 0 Å². The predicted octanol–water partition coefficient (Wildman–Crippen LogP) is 0.522. The molecule has 0 aromatic carbocycles. The van der Waals surface area contributed by atoms with Gasteiger partial charge in [-0.25, -0.2) is 13.2 Å². The van der Waals surface area contributed by atoms with Crippen LogP contribution in [0.2, 0.25) is 0 Å². The van der Waals surface area contributed by atoms with Gasteiger partial charge in [-0.1, -0.05) is 20.8 Å². The van der Waals surface area contributed by atoms with Crippen LogP contribution in [0.3, 0.4) is 0 Å². The van der Waals surface area contributed by atoms with E-state index in [4.69, 9.17) is 5.11 Å². The van der Waals surface area contributed by atoms with Crippen LogP contribution in [0.5, 0.6) is 0 Å². The minimum Gasteiger partial charge on any atom is -0.480 e. The summed E-state index contributed by atoms with van der Waals surface area (Å²) in [7, 11) is -2.95. The van der Waals surface area contributed by atoms with Gasteiger partial charge in [0.05, 0.1) is 17.3 Å². The first kappa shape index (κ1) is 17.3. The van der Waals surface area contributed by atoms with Crippen molar-refractivity contribution in [2.45, 2.75) is 38.5 Å². The van der Waals surface area contributed by atoms with Gasteiger partial charge in [0.1, 0.15) is 6.04 Å². The minimum absolute atomic E-state index is 0.0661. The summed E-state index contributed by atoms with van der Waals surface area (Å²) in [6.45, 7) is 5.22. The topological polar surface area (TPSA) is 101 Å².